The topological polar surface area (TPSA) is 90.9 Å². The number of carbonyl (C=O) groups excluding carboxylic acids is 1. The van der Waals surface area contributed by atoms with Crippen molar-refractivity contribution in [3.05, 3.63) is 68.7 Å². The van der Waals surface area contributed by atoms with Gasteiger partial charge in [0.15, 0.2) is 16.8 Å². The molecule has 7 nitrogen and oxygen atoms in total. The maximum atomic E-state index is 12.3. The Morgan fingerprint density at radius 3 is 2.54 bits per heavy atom. The average Bonchev–Trinajstić information content (AvgIpc) is 3.00. The summed E-state index contributed by atoms with van der Waals surface area (Å²) in [4.78, 5) is 22.5. The van der Waals surface area contributed by atoms with Gasteiger partial charge >= 0.3 is 0 Å². The second-order valence-corrected chi connectivity index (χ2v) is 7.16. The molecule has 0 amide bonds. The SMILES string of the molecule is Cn1c(SCC(=O)c2ccc([N+](=O)[O-])cc2)nnc1-c1ccccc1Br. The summed E-state index contributed by atoms with van der Waals surface area (Å²) in [6.45, 7) is 0. The molecule has 0 aliphatic rings. The van der Waals surface area contributed by atoms with Gasteiger partial charge < -0.3 is 4.57 Å². The van der Waals surface area contributed by atoms with E-state index in [2.05, 4.69) is 26.1 Å². The highest BCUT2D eigenvalue weighted by Crippen LogP contribution is 2.28. The quantitative estimate of drug-likeness (QED) is 0.251. The third-order valence-electron chi connectivity index (χ3n) is 3.68. The summed E-state index contributed by atoms with van der Waals surface area (Å²) in [5.41, 5.74) is 1.30. The number of carbonyl (C=O) groups is 1. The Bertz CT molecular complexity index is 972. The molecule has 3 rings (SSSR count). The van der Waals surface area contributed by atoms with Crippen LogP contribution in [0.3, 0.4) is 0 Å². The fourth-order valence-electron chi connectivity index (χ4n) is 2.30. The van der Waals surface area contributed by atoms with Crippen LogP contribution in [0, 0.1) is 10.1 Å². The molecule has 0 N–H and O–H groups in total. The van der Waals surface area contributed by atoms with E-state index in [0.717, 1.165) is 10.0 Å². The Kier molecular flexibility index (Phi) is 5.48. The zero-order valence-corrected chi connectivity index (χ0v) is 16.0. The molecule has 0 bridgehead atoms. The van der Waals surface area contributed by atoms with E-state index in [0.29, 0.717) is 16.5 Å². The molecule has 0 saturated heterocycles. The monoisotopic (exact) mass is 432 g/mol. The first-order valence-electron chi connectivity index (χ1n) is 7.52. The van der Waals surface area contributed by atoms with E-state index in [-0.39, 0.29) is 17.2 Å². The molecule has 0 fully saturated rings. The van der Waals surface area contributed by atoms with E-state index >= 15 is 0 Å². The summed E-state index contributed by atoms with van der Waals surface area (Å²) in [7, 11) is 1.84. The molecule has 0 saturated carbocycles. The second-order valence-electron chi connectivity index (χ2n) is 5.36. The van der Waals surface area contributed by atoms with E-state index < -0.39 is 4.92 Å². The molecule has 1 heterocycles. The normalized spacial score (nSPS) is 10.7. The third kappa shape index (κ3) is 3.83. The van der Waals surface area contributed by atoms with Gasteiger partial charge in [0.1, 0.15) is 0 Å². The first-order chi connectivity index (χ1) is 12.5. The summed E-state index contributed by atoms with van der Waals surface area (Å²) in [5.74, 6) is 0.734. The van der Waals surface area contributed by atoms with Crippen LogP contribution < -0.4 is 0 Å². The number of nitro benzene ring substituents is 1. The van der Waals surface area contributed by atoms with Crippen LogP contribution in [0.25, 0.3) is 11.4 Å². The highest BCUT2D eigenvalue weighted by molar-refractivity contribution is 9.10. The van der Waals surface area contributed by atoms with Gasteiger partial charge in [-0.15, -0.1) is 10.2 Å². The van der Waals surface area contributed by atoms with Crippen molar-refractivity contribution in [1.82, 2.24) is 14.8 Å². The predicted octanol–water partition coefficient (Wildman–Crippen LogP) is 4.13. The van der Waals surface area contributed by atoms with Crippen LogP contribution in [0.4, 0.5) is 5.69 Å². The van der Waals surface area contributed by atoms with Gasteiger partial charge in [-0.05, 0) is 18.2 Å². The minimum absolute atomic E-state index is 0.0411. The van der Waals surface area contributed by atoms with Crippen LogP contribution in [-0.4, -0.2) is 31.2 Å². The van der Waals surface area contributed by atoms with E-state index in [1.807, 2.05) is 35.9 Å². The number of hydrogen-bond donors (Lipinski definition) is 0. The van der Waals surface area contributed by atoms with Crippen LogP contribution in [0.15, 0.2) is 58.2 Å². The second kappa shape index (κ2) is 7.79. The lowest BCUT2D eigenvalue weighted by molar-refractivity contribution is -0.384. The molecule has 0 spiro atoms. The molecule has 9 heteroatoms. The molecule has 0 atom stereocenters. The molecule has 132 valence electrons. The van der Waals surface area contributed by atoms with Gasteiger partial charge in [0, 0.05) is 34.8 Å². The standard InChI is InChI=1S/C17H13BrN4O3S/c1-21-16(13-4-2-3-5-14(13)18)19-20-17(21)26-10-15(23)11-6-8-12(9-7-11)22(24)25/h2-9H,10H2,1H3. The van der Waals surface area contributed by atoms with Gasteiger partial charge in [0.2, 0.25) is 0 Å². The van der Waals surface area contributed by atoms with E-state index in [9.17, 15) is 14.9 Å². The van der Waals surface area contributed by atoms with Gasteiger partial charge in [-0.3, -0.25) is 14.9 Å². The number of benzene rings is 2. The Labute approximate surface area is 161 Å². The average molecular weight is 433 g/mol. The minimum atomic E-state index is -0.494. The number of non-ortho nitro benzene ring substituents is 1. The molecule has 2 aromatic carbocycles. The fourth-order valence-corrected chi connectivity index (χ4v) is 3.57. The molecule has 0 aliphatic carbocycles. The molecule has 1 aromatic heterocycles. The van der Waals surface area contributed by atoms with Gasteiger partial charge in [0.05, 0.1) is 10.7 Å². The number of rotatable bonds is 6. The summed E-state index contributed by atoms with van der Waals surface area (Å²) in [6, 6.07) is 13.3. The maximum Gasteiger partial charge on any atom is 0.269 e. The van der Waals surface area contributed by atoms with Crippen LogP contribution in [0.2, 0.25) is 0 Å². The number of Topliss-reactive ketones (excluding diaryl/α,β-unsaturated/α-hetero) is 1. The van der Waals surface area contributed by atoms with E-state index in [1.54, 1.807) is 0 Å². The van der Waals surface area contributed by atoms with Gasteiger partial charge in [-0.25, -0.2) is 0 Å². The van der Waals surface area contributed by atoms with Crippen molar-refractivity contribution in [3.8, 4) is 11.4 Å². The van der Waals surface area contributed by atoms with Crippen molar-refractivity contribution in [1.29, 1.82) is 0 Å². The molecule has 0 unspecified atom stereocenters. The minimum Gasteiger partial charge on any atom is -0.305 e. The van der Waals surface area contributed by atoms with Crippen LogP contribution in [0.5, 0.6) is 0 Å². The van der Waals surface area contributed by atoms with Gasteiger partial charge in [-0.2, -0.15) is 0 Å². The molecular weight excluding hydrogens is 420 g/mol. The van der Waals surface area contributed by atoms with Crippen LogP contribution in [-0.2, 0) is 7.05 Å². The largest absolute Gasteiger partial charge is 0.305 e. The number of nitro groups is 1. The molecular formula is C17H13BrN4O3S. The number of nitrogens with zero attached hydrogens (tertiary/aromatic N) is 4. The smallest absolute Gasteiger partial charge is 0.269 e. The number of thioether (sulfide) groups is 1. The Hall–Kier alpha value is -2.52. The maximum absolute atomic E-state index is 12.3. The van der Waals surface area contributed by atoms with Crippen LogP contribution >= 0.6 is 27.7 Å². The van der Waals surface area contributed by atoms with Gasteiger partial charge in [-0.1, -0.05) is 45.9 Å². The van der Waals surface area contributed by atoms with Crippen molar-refractivity contribution >= 4 is 39.2 Å². The summed E-state index contributed by atoms with van der Waals surface area (Å²) < 4.78 is 2.74. The lowest BCUT2D eigenvalue weighted by atomic mass is 10.1. The number of aromatic nitrogens is 3. The number of hydrogen-bond acceptors (Lipinski definition) is 6. The van der Waals surface area contributed by atoms with E-state index in [1.165, 1.54) is 36.0 Å². The Morgan fingerprint density at radius 1 is 1.19 bits per heavy atom. The first-order valence-corrected chi connectivity index (χ1v) is 9.30. The molecule has 0 aliphatic heterocycles. The Morgan fingerprint density at radius 2 is 1.88 bits per heavy atom. The number of halogens is 1. The zero-order valence-electron chi connectivity index (χ0n) is 13.6. The van der Waals surface area contributed by atoms with Gasteiger partial charge in [0.25, 0.3) is 5.69 Å². The van der Waals surface area contributed by atoms with Crippen molar-refractivity contribution < 1.29 is 9.72 Å². The van der Waals surface area contributed by atoms with Crippen molar-refractivity contribution in [3.63, 3.8) is 0 Å². The van der Waals surface area contributed by atoms with E-state index in [4.69, 9.17) is 0 Å². The first kappa shape index (κ1) is 18.3. The van der Waals surface area contributed by atoms with Crippen LogP contribution in [0.1, 0.15) is 10.4 Å². The molecule has 3 aromatic rings. The lowest BCUT2D eigenvalue weighted by Gasteiger charge is -2.05. The highest BCUT2D eigenvalue weighted by Gasteiger charge is 2.16. The lowest BCUT2D eigenvalue weighted by Crippen LogP contribution is -2.04. The number of ketones is 1. The fraction of sp³-hybridized carbons (Fsp3) is 0.118. The van der Waals surface area contributed by atoms with Crippen molar-refractivity contribution in [2.24, 2.45) is 7.05 Å². The predicted molar refractivity (Wildman–Crippen MR) is 102 cm³/mol. The molecule has 0 radical (unpaired) electrons. The van der Waals surface area contributed by atoms with Crippen molar-refractivity contribution in [2.75, 3.05) is 5.75 Å². The third-order valence-corrected chi connectivity index (χ3v) is 5.39. The summed E-state index contributed by atoms with van der Waals surface area (Å²) in [5, 5.41) is 19.6. The summed E-state index contributed by atoms with van der Waals surface area (Å²) >= 11 is 4.77. The van der Waals surface area contributed by atoms with Crippen molar-refractivity contribution in [2.45, 2.75) is 5.16 Å². The zero-order chi connectivity index (χ0) is 18.7. The summed E-state index contributed by atoms with van der Waals surface area (Å²) in [6.07, 6.45) is 0. The highest BCUT2D eigenvalue weighted by atomic mass is 79.9. The Balaban J connectivity index is 1.71. The molecule has 26 heavy (non-hydrogen) atoms.